The number of amides is 2. The van der Waals surface area contributed by atoms with E-state index in [1.807, 2.05) is 23.1 Å². The molecule has 29 heavy (non-hydrogen) atoms. The van der Waals surface area contributed by atoms with Crippen molar-refractivity contribution in [1.82, 2.24) is 10.1 Å². The van der Waals surface area contributed by atoms with Crippen LogP contribution in [-0.4, -0.2) is 48.0 Å². The van der Waals surface area contributed by atoms with E-state index in [1.54, 1.807) is 37.3 Å². The van der Waals surface area contributed by atoms with Crippen LogP contribution >= 0.6 is 0 Å². The molecule has 0 spiro atoms. The number of nitrogens with one attached hydrogen (secondary N) is 1. The van der Waals surface area contributed by atoms with E-state index in [9.17, 15) is 9.59 Å². The molecule has 0 aliphatic carbocycles. The third kappa shape index (κ3) is 4.29. The summed E-state index contributed by atoms with van der Waals surface area (Å²) >= 11 is 0. The maximum atomic E-state index is 12.8. The van der Waals surface area contributed by atoms with Crippen LogP contribution in [0, 0.1) is 6.92 Å². The van der Waals surface area contributed by atoms with Crippen LogP contribution in [0.2, 0.25) is 0 Å². The zero-order valence-corrected chi connectivity index (χ0v) is 16.2. The lowest BCUT2D eigenvalue weighted by Gasteiger charge is -2.36. The minimum absolute atomic E-state index is 0.0169. The topological polar surface area (TPSA) is 78.7 Å². The Morgan fingerprint density at radius 2 is 1.59 bits per heavy atom. The predicted molar refractivity (Wildman–Crippen MR) is 110 cm³/mol. The molecular formula is C22H22N4O3. The van der Waals surface area contributed by atoms with E-state index in [4.69, 9.17) is 4.52 Å². The Labute approximate surface area is 168 Å². The molecule has 0 bridgehead atoms. The van der Waals surface area contributed by atoms with Crippen LogP contribution in [0.5, 0.6) is 0 Å². The zero-order chi connectivity index (χ0) is 20.2. The Morgan fingerprint density at radius 3 is 2.21 bits per heavy atom. The predicted octanol–water partition coefficient (Wildman–Crippen LogP) is 3.20. The molecule has 1 saturated heterocycles. The highest BCUT2D eigenvalue weighted by atomic mass is 16.5. The van der Waals surface area contributed by atoms with Gasteiger partial charge in [-0.3, -0.25) is 9.59 Å². The number of anilines is 2. The number of carbonyl (C=O) groups excluding carboxylic acids is 2. The van der Waals surface area contributed by atoms with Gasteiger partial charge in [0.05, 0.1) is 0 Å². The molecule has 0 atom stereocenters. The second kappa shape index (κ2) is 8.18. The fourth-order valence-electron chi connectivity index (χ4n) is 3.37. The van der Waals surface area contributed by atoms with Crippen LogP contribution in [0.4, 0.5) is 11.5 Å². The fraction of sp³-hybridized carbons (Fsp3) is 0.227. The largest absolute Gasteiger partial charge is 0.368 e. The van der Waals surface area contributed by atoms with Crippen LogP contribution < -0.4 is 10.2 Å². The molecule has 2 heterocycles. The first-order valence-corrected chi connectivity index (χ1v) is 9.54. The summed E-state index contributed by atoms with van der Waals surface area (Å²) in [5, 5.41) is 6.41. The van der Waals surface area contributed by atoms with Crippen molar-refractivity contribution in [3.05, 3.63) is 77.6 Å². The number of rotatable bonds is 4. The number of benzene rings is 2. The number of nitrogens with zero attached hydrogens (tertiary/aromatic N) is 3. The van der Waals surface area contributed by atoms with Crippen LogP contribution in [-0.2, 0) is 0 Å². The van der Waals surface area contributed by atoms with Gasteiger partial charge in [-0.15, -0.1) is 0 Å². The van der Waals surface area contributed by atoms with E-state index in [-0.39, 0.29) is 11.8 Å². The number of piperazine rings is 1. The summed E-state index contributed by atoms with van der Waals surface area (Å²) in [5.74, 6) is 0.670. The molecular weight excluding hydrogens is 368 g/mol. The van der Waals surface area contributed by atoms with Crippen LogP contribution in [0.3, 0.4) is 0 Å². The summed E-state index contributed by atoms with van der Waals surface area (Å²) < 4.78 is 4.94. The molecule has 2 amide bonds. The van der Waals surface area contributed by atoms with Gasteiger partial charge in [0, 0.05) is 49.1 Å². The van der Waals surface area contributed by atoms with E-state index < -0.39 is 0 Å². The number of para-hydroxylation sites is 1. The molecule has 1 aliphatic rings. The molecule has 4 rings (SSSR count). The average molecular weight is 390 g/mol. The van der Waals surface area contributed by atoms with Crippen molar-refractivity contribution in [1.29, 1.82) is 0 Å². The summed E-state index contributed by atoms with van der Waals surface area (Å²) in [4.78, 5) is 29.2. The molecule has 0 radical (unpaired) electrons. The van der Waals surface area contributed by atoms with Crippen molar-refractivity contribution in [2.75, 3.05) is 36.4 Å². The van der Waals surface area contributed by atoms with Gasteiger partial charge in [0.15, 0.2) is 5.82 Å². The van der Waals surface area contributed by atoms with Gasteiger partial charge in [0.25, 0.3) is 11.8 Å². The number of carbonyl (C=O) groups is 2. The molecule has 0 saturated carbocycles. The van der Waals surface area contributed by atoms with Gasteiger partial charge < -0.3 is 19.6 Å². The zero-order valence-electron chi connectivity index (χ0n) is 16.2. The smallest absolute Gasteiger partial charge is 0.256 e. The lowest BCUT2D eigenvalue weighted by Crippen LogP contribution is -2.48. The van der Waals surface area contributed by atoms with E-state index in [1.165, 1.54) is 5.69 Å². The molecule has 7 heteroatoms. The quantitative estimate of drug-likeness (QED) is 0.740. The second-order valence-electron chi connectivity index (χ2n) is 6.97. The van der Waals surface area contributed by atoms with Crippen molar-refractivity contribution in [3.63, 3.8) is 0 Å². The first kappa shape index (κ1) is 18.7. The average Bonchev–Trinajstić information content (AvgIpc) is 3.18. The monoisotopic (exact) mass is 390 g/mol. The van der Waals surface area contributed by atoms with E-state index >= 15 is 0 Å². The third-order valence-corrected chi connectivity index (χ3v) is 4.95. The number of aryl methyl sites for hydroxylation is 1. The Morgan fingerprint density at radius 1 is 0.931 bits per heavy atom. The highest BCUT2D eigenvalue weighted by Crippen LogP contribution is 2.17. The lowest BCUT2D eigenvalue weighted by molar-refractivity contribution is 0.0746. The minimum Gasteiger partial charge on any atom is -0.368 e. The molecule has 148 valence electrons. The Bertz CT molecular complexity index is 990. The van der Waals surface area contributed by atoms with Gasteiger partial charge in [0.1, 0.15) is 5.76 Å². The van der Waals surface area contributed by atoms with E-state index in [0.717, 1.165) is 13.1 Å². The summed E-state index contributed by atoms with van der Waals surface area (Å²) in [5.41, 5.74) is 2.21. The Hall–Kier alpha value is -3.61. The van der Waals surface area contributed by atoms with Crippen LogP contribution in [0.1, 0.15) is 26.5 Å². The summed E-state index contributed by atoms with van der Waals surface area (Å²) in [6.07, 6.45) is 0. The highest BCUT2D eigenvalue weighted by Gasteiger charge is 2.22. The molecule has 1 fully saturated rings. The summed E-state index contributed by atoms with van der Waals surface area (Å²) in [6.45, 7) is 4.69. The number of hydrogen-bond acceptors (Lipinski definition) is 5. The summed E-state index contributed by atoms with van der Waals surface area (Å²) in [6, 6.07) is 18.5. The van der Waals surface area contributed by atoms with Gasteiger partial charge in [-0.25, -0.2) is 0 Å². The molecule has 1 aliphatic heterocycles. The van der Waals surface area contributed by atoms with E-state index in [2.05, 4.69) is 27.5 Å². The van der Waals surface area contributed by atoms with Gasteiger partial charge in [0.2, 0.25) is 0 Å². The second-order valence-corrected chi connectivity index (χ2v) is 6.97. The van der Waals surface area contributed by atoms with Crippen molar-refractivity contribution >= 4 is 23.3 Å². The molecule has 7 nitrogen and oxygen atoms in total. The van der Waals surface area contributed by atoms with Crippen molar-refractivity contribution in [3.8, 4) is 0 Å². The molecule has 0 unspecified atom stereocenters. The maximum absolute atomic E-state index is 12.8. The van der Waals surface area contributed by atoms with Crippen molar-refractivity contribution in [2.45, 2.75) is 6.92 Å². The number of hydrogen-bond donors (Lipinski definition) is 1. The normalized spacial score (nSPS) is 14.0. The molecule has 1 aromatic heterocycles. The highest BCUT2D eigenvalue weighted by molar-refractivity contribution is 6.04. The third-order valence-electron chi connectivity index (χ3n) is 4.95. The number of aromatic nitrogens is 1. The van der Waals surface area contributed by atoms with Crippen molar-refractivity contribution < 1.29 is 14.1 Å². The Kier molecular flexibility index (Phi) is 5.29. The van der Waals surface area contributed by atoms with Gasteiger partial charge >= 0.3 is 0 Å². The van der Waals surface area contributed by atoms with Crippen molar-refractivity contribution in [2.24, 2.45) is 0 Å². The standard InChI is InChI=1S/C22H22N4O3/c1-16-15-20(24-29-16)23-21(27)17-7-9-18(10-8-17)22(28)26-13-11-25(12-14-26)19-5-3-2-4-6-19/h2-10,15H,11-14H2,1H3,(H,23,24,27). The molecule has 2 aromatic carbocycles. The fourth-order valence-corrected chi connectivity index (χ4v) is 3.37. The van der Waals surface area contributed by atoms with Gasteiger partial charge in [-0.05, 0) is 43.3 Å². The first-order chi connectivity index (χ1) is 14.1. The minimum atomic E-state index is -0.297. The van der Waals surface area contributed by atoms with Crippen LogP contribution in [0.15, 0.2) is 65.2 Å². The van der Waals surface area contributed by atoms with E-state index in [0.29, 0.717) is 35.8 Å². The van der Waals surface area contributed by atoms with Gasteiger partial charge in [-0.1, -0.05) is 23.4 Å². The SMILES string of the molecule is Cc1cc(NC(=O)c2ccc(C(=O)N3CCN(c4ccccc4)CC3)cc2)no1. The Balaban J connectivity index is 1.35. The lowest BCUT2D eigenvalue weighted by atomic mass is 10.1. The molecule has 1 N–H and O–H groups in total. The maximum Gasteiger partial charge on any atom is 0.256 e. The summed E-state index contributed by atoms with van der Waals surface area (Å²) in [7, 11) is 0. The van der Waals surface area contributed by atoms with Crippen LogP contribution in [0.25, 0.3) is 0 Å². The molecule has 3 aromatic rings. The first-order valence-electron chi connectivity index (χ1n) is 9.54. The van der Waals surface area contributed by atoms with Gasteiger partial charge in [-0.2, -0.15) is 0 Å².